The lowest BCUT2D eigenvalue weighted by Gasteiger charge is -2.04. The van der Waals surface area contributed by atoms with Crippen molar-refractivity contribution < 1.29 is 9.90 Å². The van der Waals surface area contributed by atoms with Crippen LogP contribution in [-0.2, 0) is 13.0 Å². The number of aromatic nitrogens is 2. The summed E-state index contributed by atoms with van der Waals surface area (Å²) in [4.78, 5) is 20.9. The molecule has 0 radical (unpaired) electrons. The van der Waals surface area contributed by atoms with Gasteiger partial charge in [-0.25, -0.2) is 0 Å². The van der Waals surface area contributed by atoms with Crippen LogP contribution in [0.4, 0.5) is 0 Å². The number of Topliss-reactive ketones (excluding diaryl/α,β-unsaturated/α-hetero) is 1. The van der Waals surface area contributed by atoms with Crippen molar-refractivity contribution in [3.63, 3.8) is 0 Å². The van der Waals surface area contributed by atoms with E-state index >= 15 is 0 Å². The van der Waals surface area contributed by atoms with E-state index in [9.17, 15) is 4.79 Å². The summed E-state index contributed by atoms with van der Waals surface area (Å²) in [6.45, 7) is -0.0254. The molecule has 0 saturated heterocycles. The van der Waals surface area contributed by atoms with E-state index in [1.807, 2.05) is 42.5 Å². The van der Waals surface area contributed by atoms with Crippen LogP contribution in [0.25, 0.3) is 11.4 Å². The lowest BCUT2D eigenvalue weighted by molar-refractivity contribution is 0.0992. The molecule has 0 amide bonds. The molecule has 0 atom stereocenters. The Morgan fingerprint density at radius 3 is 2.43 bits per heavy atom. The van der Waals surface area contributed by atoms with Crippen molar-refractivity contribution in [2.45, 2.75) is 13.0 Å². The second-order valence-corrected chi connectivity index (χ2v) is 5.23. The number of pyridine rings is 2. The van der Waals surface area contributed by atoms with E-state index in [1.165, 1.54) is 0 Å². The maximum absolute atomic E-state index is 12.3. The van der Waals surface area contributed by atoms with E-state index in [4.69, 9.17) is 5.11 Å². The minimum absolute atomic E-state index is 0.000149. The Balaban J connectivity index is 1.75. The Morgan fingerprint density at radius 2 is 1.74 bits per heavy atom. The highest BCUT2D eigenvalue weighted by Crippen LogP contribution is 2.15. The molecule has 0 fully saturated rings. The minimum Gasteiger partial charge on any atom is -0.392 e. The largest absolute Gasteiger partial charge is 0.392 e. The zero-order valence-corrected chi connectivity index (χ0v) is 12.5. The van der Waals surface area contributed by atoms with E-state index in [0.29, 0.717) is 12.0 Å². The number of carbonyl (C=O) groups is 1. The van der Waals surface area contributed by atoms with Crippen molar-refractivity contribution in [1.29, 1.82) is 0 Å². The quantitative estimate of drug-likeness (QED) is 0.736. The topological polar surface area (TPSA) is 63.1 Å². The lowest BCUT2D eigenvalue weighted by Crippen LogP contribution is -2.04. The minimum atomic E-state index is -0.0254. The smallest absolute Gasteiger partial charge is 0.168 e. The van der Waals surface area contributed by atoms with Crippen molar-refractivity contribution in [3.8, 4) is 11.4 Å². The summed E-state index contributed by atoms with van der Waals surface area (Å²) in [6, 6.07) is 16.6. The number of carbonyl (C=O) groups excluding carboxylic acids is 1. The van der Waals surface area contributed by atoms with Gasteiger partial charge in [-0.2, -0.15) is 0 Å². The molecule has 0 bridgehead atoms. The highest BCUT2D eigenvalue weighted by Gasteiger charge is 2.09. The van der Waals surface area contributed by atoms with Crippen LogP contribution in [0.5, 0.6) is 0 Å². The summed E-state index contributed by atoms with van der Waals surface area (Å²) >= 11 is 0. The number of aliphatic hydroxyl groups is 1. The van der Waals surface area contributed by atoms with Crippen LogP contribution < -0.4 is 0 Å². The summed E-state index contributed by atoms with van der Waals surface area (Å²) < 4.78 is 0. The fourth-order valence-corrected chi connectivity index (χ4v) is 2.35. The summed E-state index contributed by atoms with van der Waals surface area (Å²) in [5.74, 6) is 0.000149. The molecule has 2 heterocycles. The van der Waals surface area contributed by atoms with Gasteiger partial charge in [0.2, 0.25) is 0 Å². The molecule has 0 aliphatic heterocycles. The summed E-state index contributed by atoms with van der Waals surface area (Å²) in [5, 5.41) is 9.15. The highest BCUT2D eigenvalue weighted by molar-refractivity contribution is 5.97. The predicted molar refractivity (Wildman–Crippen MR) is 87.9 cm³/mol. The maximum Gasteiger partial charge on any atom is 0.168 e. The average Bonchev–Trinajstić information content (AvgIpc) is 2.63. The van der Waals surface area contributed by atoms with Gasteiger partial charge in [0.25, 0.3) is 0 Å². The van der Waals surface area contributed by atoms with Crippen molar-refractivity contribution in [2.75, 3.05) is 0 Å². The number of ketones is 1. The fourth-order valence-electron chi connectivity index (χ4n) is 2.35. The molecular weight excluding hydrogens is 288 g/mol. The van der Waals surface area contributed by atoms with Crippen molar-refractivity contribution >= 4 is 5.78 Å². The molecule has 3 rings (SSSR count). The molecular formula is C19H16N2O2. The molecule has 4 heteroatoms. The van der Waals surface area contributed by atoms with Gasteiger partial charge in [-0.3, -0.25) is 14.8 Å². The Bertz CT molecular complexity index is 799. The van der Waals surface area contributed by atoms with Gasteiger partial charge in [-0.15, -0.1) is 0 Å². The third-order valence-corrected chi connectivity index (χ3v) is 3.55. The molecule has 4 nitrogen and oxygen atoms in total. The van der Waals surface area contributed by atoms with E-state index in [2.05, 4.69) is 9.97 Å². The van der Waals surface area contributed by atoms with Crippen LogP contribution in [0, 0.1) is 0 Å². The first-order valence-electron chi connectivity index (χ1n) is 7.35. The number of benzene rings is 1. The molecule has 2 aromatic heterocycles. The Hall–Kier alpha value is -2.85. The van der Waals surface area contributed by atoms with Crippen LogP contribution in [0.3, 0.4) is 0 Å². The molecule has 114 valence electrons. The number of hydrogen-bond acceptors (Lipinski definition) is 4. The predicted octanol–water partition coefficient (Wildman–Crippen LogP) is 3.06. The molecule has 0 spiro atoms. The van der Waals surface area contributed by atoms with Gasteiger partial charge < -0.3 is 5.11 Å². The normalized spacial score (nSPS) is 10.5. The highest BCUT2D eigenvalue weighted by atomic mass is 16.3. The molecule has 1 N–H and O–H groups in total. The molecule has 23 heavy (non-hydrogen) atoms. The number of hydrogen-bond donors (Lipinski definition) is 1. The van der Waals surface area contributed by atoms with Gasteiger partial charge in [0.1, 0.15) is 0 Å². The third-order valence-electron chi connectivity index (χ3n) is 3.55. The van der Waals surface area contributed by atoms with Crippen LogP contribution in [0.1, 0.15) is 21.5 Å². The Kier molecular flexibility index (Phi) is 4.54. The van der Waals surface area contributed by atoms with Gasteiger partial charge in [0.15, 0.2) is 5.78 Å². The fraction of sp³-hybridized carbons (Fsp3) is 0.105. The molecule has 3 aromatic rings. The SMILES string of the molecule is O=C(Cc1cccc(CO)c1)c1ccc(-c2ccccn2)nc1. The van der Waals surface area contributed by atoms with E-state index in [1.54, 1.807) is 24.5 Å². The Labute approximate surface area is 134 Å². The first kappa shape index (κ1) is 15.1. The van der Waals surface area contributed by atoms with Crippen LogP contribution >= 0.6 is 0 Å². The third kappa shape index (κ3) is 3.67. The van der Waals surface area contributed by atoms with E-state index < -0.39 is 0 Å². The van der Waals surface area contributed by atoms with Crippen LogP contribution in [0.2, 0.25) is 0 Å². The molecule has 1 aromatic carbocycles. The zero-order chi connectivity index (χ0) is 16.1. The van der Waals surface area contributed by atoms with Gasteiger partial charge in [-0.05, 0) is 35.4 Å². The standard InChI is InChI=1S/C19H16N2O2/c22-13-15-5-3-4-14(10-15)11-19(23)16-7-8-18(21-12-16)17-6-1-2-9-20-17/h1-10,12,22H,11,13H2. The summed E-state index contributed by atoms with van der Waals surface area (Å²) in [5.41, 5.74) is 3.78. The second-order valence-electron chi connectivity index (χ2n) is 5.23. The van der Waals surface area contributed by atoms with E-state index in [0.717, 1.165) is 22.5 Å². The summed E-state index contributed by atoms with van der Waals surface area (Å²) in [6.07, 6.45) is 3.59. The number of rotatable bonds is 5. The average molecular weight is 304 g/mol. The maximum atomic E-state index is 12.3. The van der Waals surface area contributed by atoms with Gasteiger partial charge >= 0.3 is 0 Å². The number of nitrogens with zero attached hydrogens (tertiary/aromatic N) is 2. The zero-order valence-electron chi connectivity index (χ0n) is 12.5. The first-order valence-corrected chi connectivity index (χ1v) is 7.35. The van der Waals surface area contributed by atoms with Crippen LogP contribution in [0.15, 0.2) is 67.0 Å². The van der Waals surface area contributed by atoms with Gasteiger partial charge in [-0.1, -0.05) is 30.3 Å². The van der Waals surface area contributed by atoms with Crippen molar-refractivity contribution in [2.24, 2.45) is 0 Å². The van der Waals surface area contributed by atoms with Crippen molar-refractivity contribution in [1.82, 2.24) is 9.97 Å². The van der Waals surface area contributed by atoms with Gasteiger partial charge in [0.05, 0.1) is 18.0 Å². The number of aliphatic hydroxyl groups excluding tert-OH is 1. The van der Waals surface area contributed by atoms with Crippen molar-refractivity contribution in [3.05, 3.63) is 83.7 Å². The van der Waals surface area contributed by atoms with E-state index in [-0.39, 0.29) is 12.4 Å². The molecule has 0 aliphatic rings. The van der Waals surface area contributed by atoms with Crippen LogP contribution in [-0.4, -0.2) is 20.9 Å². The molecule has 0 saturated carbocycles. The lowest BCUT2D eigenvalue weighted by atomic mass is 10.0. The first-order chi connectivity index (χ1) is 11.3. The monoisotopic (exact) mass is 304 g/mol. The molecule has 0 aliphatic carbocycles. The van der Waals surface area contributed by atoms with Gasteiger partial charge in [0, 0.05) is 24.4 Å². The molecule has 0 unspecified atom stereocenters. The summed E-state index contributed by atoms with van der Waals surface area (Å²) in [7, 11) is 0. The second kappa shape index (κ2) is 6.94. The Morgan fingerprint density at radius 1 is 0.913 bits per heavy atom.